The van der Waals surface area contributed by atoms with E-state index in [-0.39, 0.29) is 5.91 Å². The first-order valence-electron chi connectivity index (χ1n) is 4.01. The number of aryl methyl sites for hydroxylation is 1. The third-order valence-corrected chi connectivity index (χ3v) is 1.90. The lowest BCUT2D eigenvalue weighted by molar-refractivity contribution is -0.128. The third kappa shape index (κ3) is 3.10. The summed E-state index contributed by atoms with van der Waals surface area (Å²) in [4.78, 5) is 13.6. The maximum atomic E-state index is 11.2. The first-order valence-corrected chi connectivity index (χ1v) is 4.46. The maximum Gasteiger partial charge on any atom is 0.223 e. The van der Waals surface area contributed by atoms with Gasteiger partial charge in [-0.1, -0.05) is 0 Å². The Morgan fingerprint density at radius 1 is 1.69 bits per heavy atom. The average Bonchev–Trinajstić information content (AvgIpc) is 2.47. The summed E-state index contributed by atoms with van der Waals surface area (Å²) in [5, 5.41) is 4.02. The number of hydrogen-bond acceptors (Lipinski definition) is 3. The van der Waals surface area contributed by atoms with Crippen molar-refractivity contribution in [3.8, 4) is 0 Å². The van der Waals surface area contributed by atoms with E-state index in [0.717, 1.165) is 4.90 Å². The van der Waals surface area contributed by atoms with Gasteiger partial charge < -0.3 is 4.90 Å². The first kappa shape index (κ1) is 10.1. The normalized spacial score (nSPS) is 10.1. The molecule has 0 N–H and O–H groups in total. The van der Waals surface area contributed by atoms with Crippen molar-refractivity contribution in [3.63, 3.8) is 0 Å². The number of carbonyl (C=O) groups excluding carboxylic acids is 1. The second-order valence-electron chi connectivity index (χ2n) is 3.00. The SMILES string of the molecule is CN(C)C(=O)CCn1cc(S)cn1. The van der Waals surface area contributed by atoms with Gasteiger partial charge in [0.05, 0.1) is 6.20 Å². The van der Waals surface area contributed by atoms with Gasteiger partial charge in [0.1, 0.15) is 0 Å². The zero-order valence-electron chi connectivity index (χ0n) is 7.77. The van der Waals surface area contributed by atoms with Crippen LogP contribution in [0.2, 0.25) is 0 Å². The van der Waals surface area contributed by atoms with E-state index in [2.05, 4.69) is 17.7 Å². The molecular formula is C8H13N3OS. The van der Waals surface area contributed by atoms with Gasteiger partial charge in [-0.15, -0.1) is 12.6 Å². The van der Waals surface area contributed by atoms with Gasteiger partial charge >= 0.3 is 0 Å². The Morgan fingerprint density at radius 3 is 2.85 bits per heavy atom. The smallest absolute Gasteiger partial charge is 0.223 e. The van der Waals surface area contributed by atoms with E-state index in [9.17, 15) is 4.79 Å². The van der Waals surface area contributed by atoms with Crippen LogP contribution < -0.4 is 0 Å². The van der Waals surface area contributed by atoms with Crippen molar-refractivity contribution in [1.82, 2.24) is 14.7 Å². The van der Waals surface area contributed by atoms with Crippen LogP contribution in [0.15, 0.2) is 17.3 Å². The molecule has 0 saturated carbocycles. The molecule has 0 aliphatic carbocycles. The summed E-state index contributed by atoms with van der Waals surface area (Å²) >= 11 is 4.11. The Bertz CT molecular complexity index is 295. The molecular weight excluding hydrogens is 186 g/mol. The zero-order valence-corrected chi connectivity index (χ0v) is 8.66. The van der Waals surface area contributed by atoms with Crippen molar-refractivity contribution in [3.05, 3.63) is 12.4 Å². The van der Waals surface area contributed by atoms with Crippen LogP contribution in [0, 0.1) is 0 Å². The summed E-state index contributed by atoms with van der Waals surface area (Å²) in [6.07, 6.45) is 3.93. The zero-order chi connectivity index (χ0) is 9.84. The number of amides is 1. The molecule has 72 valence electrons. The largest absolute Gasteiger partial charge is 0.349 e. The molecule has 13 heavy (non-hydrogen) atoms. The summed E-state index contributed by atoms with van der Waals surface area (Å²) in [6.45, 7) is 0.609. The monoisotopic (exact) mass is 199 g/mol. The van der Waals surface area contributed by atoms with Crippen molar-refractivity contribution in [2.75, 3.05) is 14.1 Å². The fraction of sp³-hybridized carbons (Fsp3) is 0.500. The number of thiol groups is 1. The highest BCUT2D eigenvalue weighted by Gasteiger charge is 2.03. The van der Waals surface area contributed by atoms with Crippen LogP contribution in [0.5, 0.6) is 0 Å². The van der Waals surface area contributed by atoms with Crippen molar-refractivity contribution in [1.29, 1.82) is 0 Å². The lowest BCUT2D eigenvalue weighted by Gasteiger charge is -2.09. The second-order valence-corrected chi connectivity index (χ2v) is 3.52. The molecule has 0 saturated heterocycles. The summed E-state index contributed by atoms with van der Waals surface area (Å²) < 4.78 is 1.71. The Labute approximate surface area is 82.9 Å². The molecule has 0 spiro atoms. The molecule has 5 heteroatoms. The van der Waals surface area contributed by atoms with Crippen molar-refractivity contribution in [2.24, 2.45) is 0 Å². The predicted octanol–water partition coefficient (Wildman–Crippen LogP) is 0.650. The number of aromatic nitrogens is 2. The number of hydrogen-bond donors (Lipinski definition) is 1. The summed E-state index contributed by atoms with van der Waals surface area (Å²) in [7, 11) is 3.49. The molecule has 0 aromatic carbocycles. The van der Waals surface area contributed by atoms with Crippen LogP contribution >= 0.6 is 12.6 Å². The van der Waals surface area contributed by atoms with Gasteiger partial charge in [0.2, 0.25) is 5.91 Å². The number of carbonyl (C=O) groups is 1. The van der Waals surface area contributed by atoms with E-state index in [0.29, 0.717) is 13.0 Å². The molecule has 1 aromatic heterocycles. The van der Waals surface area contributed by atoms with Gasteiger partial charge in [0.15, 0.2) is 0 Å². The minimum absolute atomic E-state index is 0.108. The lowest BCUT2D eigenvalue weighted by Crippen LogP contribution is -2.22. The number of nitrogens with zero attached hydrogens (tertiary/aromatic N) is 3. The van der Waals surface area contributed by atoms with E-state index in [1.54, 1.807) is 36.1 Å². The molecule has 1 rings (SSSR count). The van der Waals surface area contributed by atoms with Crippen LogP contribution in [0.3, 0.4) is 0 Å². The fourth-order valence-corrected chi connectivity index (χ4v) is 1.09. The molecule has 1 aromatic rings. The molecule has 0 bridgehead atoms. The molecule has 1 heterocycles. The minimum Gasteiger partial charge on any atom is -0.349 e. The average molecular weight is 199 g/mol. The van der Waals surface area contributed by atoms with Crippen LogP contribution in [0.25, 0.3) is 0 Å². The van der Waals surface area contributed by atoms with E-state index in [1.165, 1.54) is 0 Å². The lowest BCUT2D eigenvalue weighted by atomic mass is 10.4. The highest BCUT2D eigenvalue weighted by Crippen LogP contribution is 2.02. The summed E-state index contributed by atoms with van der Waals surface area (Å²) in [6, 6.07) is 0. The van der Waals surface area contributed by atoms with E-state index in [1.807, 2.05) is 0 Å². The topological polar surface area (TPSA) is 38.1 Å². The molecule has 0 unspecified atom stereocenters. The maximum absolute atomic E-state index is 11.2. The highest BCUT2D eigenvalue weighted by molar-refractivity contribution is 7.80. The summed E-state index contributed by atoms with van der Waals surface area (Å²) in [5.74, 6) is 0.108. The quantitative estimate of drug-likeness (QED) is 0.726. The predicted molar refractivity (Wildman–Crippen MR) is 52.8 cm³/mol. The Kier molecular flexibility index (Phi) is 3.36. The van der Waals surface area contributed by atoms with Gasteiger partial charge in [-0.05, 0) is 0 Å². The Balaban J connectivity index is 2.39. The van der Waals surface area contributed by atoms with Crippen molar-refractivity contribution < 1.29 is 4.79 Å². The van der Waals surface area contributed by atoms with Crippen LogP contribution in [-0.2, 0) is 11.3 Å². The molecule has 0 fully saturated rings. The van der Waals surface area contributed by atoms with Crippen molar-refractivity contribution in [2.45, 2.75) is 17.9 Å². The fourth-order valence-electron chi connectivity index (χ4n) is 0.909. The van der Waals surface area contributed by atoms with Gasteiger partial charge in [-0.2, -0.15) is 5.10 Å². The van der Waals surface area contributed by atoms with E-state index < -0.39 is 0 Å². The van der Waals surface area contributed by atoms with E-state index >= 15 is 0 Å². The molecule has 0 aliphatic rings. The molecule has 0 aliphatic heterocycles. The molecule has 0 radical (unpaired) electrons. The number of rotatable bonds is 3. The summed E-state index contributed by atoms with van der Waals surface area (Å²) in [5.41, 5.74) is 0. The second kappa shape index (κ2) is 4.32. The standard InChI is InChI=1S/C8H13N3OS/c1-10(2)8(12)3-4-11-6-7(13)5-9-11/h5-6,13H,3-4H2,1-2H3. The van der Waals surface area contributed by atoms with E-state index in [4.69, 9.17) is 0 Å². The Hall–Kier alpha value is -0.970. The Morgan fingerprint density at radius 2 is 2.38 bits per heavy atom. The van der Waals surface area contributed by atoms with Gasteiger partial charge in [-0.3, -0.25) is 9.48 Å². The van der Waals surface area contributed by atoms with Gasteiger partial charge in [0, 0.05) is 38.2 Å². The van der Waals surface area contributed by atoms with Crippen LogP contribution in [0.4, 0.5) is 0 Å². The minimum atomic E-state index is 0.108. The third-order valence-electron chi connectivity index (χ3n) is 1.67. The van der Waals surface area contributed by atoms with Crippen LogP contribution in [0.1, 0.15) is 6.42 Å². The molecule has 4 nitrogen and oxygen atoms in total. The molecule has 0 atom stereocenters. The van der Waals surface area contributed by atoms with Crippen molar-refractivity contribution >= 4 is 18.5 Å². The highest BCUT2D eigenvalue weighted by atomic mass is 32.1. The van der Waals surface area contributed by atoms with Crippen LogP contribution in [-0.4, -0.2) is 34.7 Å². The van der Waals surface area contributed by atoms with Gasteiger partial charge in [-0.25, -0.2) is 0 Å². The first-order chi connectivity index (χ1) is 6.09. The molecule has 1 amide bonds. The van der Waals surface area contributed by atoms with Gasteiger partial charge in [0.25, 0.3) is 0 Å².